The van der Waals surface area contributed by atoms with Gasteiger partial charge in [0, 0.05) is 56.9 Å². The van der Waals surface area contributed by atoms with Crippen molar-refractivity contribution in [1.29, 1.82) is 0 Å². The second kappa shape index (κ2) is 10.6. The minimum Gasteiger partial charge on any atom is -0.365 e. The second-order valence-electron chi connectivity index (χ2n) is 7.91. The molecule has 0 saturated carbocycles. The fraction of sp³-hybridized carbons (Fsp3) is 0.348. The highest BCUT2D eigenvalue weighted by Gasteiger charge is 2.22. The summed E-state index contributed by atoms with van der Waals surface area (Å²) in [5.74, 6) is -0.0280. The number of aromatic nitrogens is 2. The molecule has 0 radical (unpaired) electrons. The average Bonchev–Trinajstić information content (AvgIpc) is 3.30. The number of nitrogens with one attached hydrogen (secondary N) is 2. The molecule has 178 valence electrons. The minimum atomic E-state index is -0.461. The van der Waals surface area contributed by atoms with E-state index in [2.05, 4.69) is 30.4 Å². The van der Waals surface area contributed by atoms with Gasteiger partial charge in [-0.1, -0.05) is 6.07 Å². The normalized spacial score (nSPS) is 14.2. The van der Waals surface area contributed by atoms with Gasteiger partial charge in [0.05, 0.1) is 15.1 Å². The van der Waals surface area contributed by atoms with Gasteiger partial charge in [-0.25, -0.2) is 9.97 Å². The minimum absolute atomic E-state index is 0.190. The highest BCUT2D eigenvalue weighted by molar-refractivity contribution is 7.21. The number of nitrogens with zero attached hydrogens (tertiary/aromatic N) is 4. The number of fused-ring (bicyclic) bond motifs is 1. The monoisotopic (exact) mass is 481 g/mol. The number of carbonyl (C=O) groups is 3. The molecular weight excluding hydrogens is 454 g/mol. The van der Waals surface area contributed by atoms with Crippen molar-refractivity contribution in [2.75, 3.05) is 50.7 Å². The summed E-state index contributed by atoms with van der Waals surface area (Å²) in [5, 5.41) is 5.67. The van der Waals surface area contributed by atoms with Crippen molar-refractivity contribution >= 4 is 45.1 Å². The number of carbonyl (C=O) groups excluding carboxylic acids is 3. The van der Waals surface area contributed by atoms with Crippen molar-refractivity contribution in [2.45, 2.75) is 6.92 Å². The van der Waals surface area contributed by atoms with Crippen LogP contribution in [-0.2, 0) is 0 Å². The second-order valence-corrected chi connectivity index (χ2v) is 8.96. The predicted octanol–water partition coefficient (Wildman–Crippen LogP) is 1.09. The lowest BCUT2D eigenvalue weighted by atomic mass is 10.1. The van der Waals surface area contributed by atoms with Crippen LogP contribution in [0.2, 0.25) is 0 Å². The lowest BCUT2D eigenvalue weighted by Crippen LogP contribution is -2.48. The first-order valence-electron chi connectivity index (χ1n) is 11.1. The molecule has 1 saturated heterocycles. The molecular formula is C23H27N7O3S. The Labute approximate surface area is 201 Å². The number of rotatable bonds is 8. The fourth-order valence-electron chi connectivity index (χ4n) is 3.87. The number of thiophene rings is 1. The summed E-state index contributed by atoms with van der Waals surface area (Å²) < 4.78 is 0.867. The summed E-state index contributed by atoms with van der Waals surface area (Å²) in [4.78, 5) is 49.7. The van der Waals surface area contributed by atoms with E-state index in [9.17, 15) is 14.4 Å². The average molecular weight is 482 g/mol. The van der Waals surface area contributed by atoms with Crippen LogP contribution in [-0.4, -0.2) is 78.4 Å². The van der Waals surface area contributed by atoms with Crippen molar-refractivity contribution in [3.63, 3.8) is 0 Å². The number of nitrogens with two attached hydrogens (primary N) is 1. The van der Waals surface area contributed by atoms with Crippen molar-refractivity contribution in [3.8, 4) is 0 Å². The maximum atomic E-state index is 12.5. The van der Waals surface area contributed by atoms with Gasteiger partial charge in [-0.3, -0.25) is 19.3 Å². The van der Waals surface area contributed by atoms with Gasteiger partial charge in [0.25, 0.3) is 17.7 Å². The van der Waals surface area contributed by atoms with E-state index in [4.69, 9.17) is 5.73 Å². The van der Waals surface area contributed by atoms with E-state index in [1.54, 1.807) is 30.3 Å². The van der Waals surface area contributed by atoms with E-state index >= 15 is 0 Å². The van der Waals surface area contributed by atoms with Gasteiger partial charge in [0.1, 0.15) is 12.1 Å². The summed E-state index contributed by atoms with van der Waals surface area (Å²) in [5.41, 5.74) is 7.08. The predicted molar refractivity (Wildman–Crippen MR) is 131 cm³/mol. The van der Waals surface area contributed by atoms with Crippen LogP contribution in [0, 0.1) is 0 Å². The SMILES string of the molecule is CCNC(=O)c1cccc(C(=O)NCCN2CCN(c3ncnc4cc(C(N)=O)sc34)CC2)c1. The summed E-state index contributed by atoms with van der Waals surface area (Å²) in [7, 11) is 0. The lowest BCUT2D eigenvalue weighted by molar-refractivity contribution is 0.0946. The van der Waals surface area contributed by atoms with Gasteiger partial charge in [-0.2, -0.15) is 0 Å². The third-order valence-electron chi connectivity index (χ3n) is 5.64. The first kappa shape index (κ1) is 23.6. The Bertz CT molecular complexity index is 1200. The number of primary amides is 1. The molecule has 11 heteroatoms. The fourth-order valence-corrected chi connectivity index (χ4v) is 4.85. The number of benzene rings is 1. The zero-order chi connectivity index (χ0) is 24.1. The maximum absolute atomic E-state index is 12.5. The van der Waals surface area contributed by atoms with E-state index in [0.29, 0.717) is 29.1 Å². The van der Waals surface area contributed by atoms with E-state index in [1.165, 1.54) is 17.7 Å². The van der Waals surface area contributed by atoms with Crippen molar-refractivity contribution in [2.24, 2.45) is 5.73 Å². The number of hydrogen-bond donors (Lipinski definition) is 3. The first-order valence-corrected chi connectivity index (χ1v) is 12.0. The molecule has 1 fully saturated rings. The molecule has 1 aromatic carbocycles. The molecule has 1 aliphatic rings. The summed E-state index contributed by atoms with van der Waals surface area (Å²) in [6.45, 7) is 6.81. The molecule has 3 aromatic rings. The molecule has 4 N–H and O–H groups in total. The Kier molecular flexibility index (Phi) is 7.33. The van der Waals surface area contributed by atoms with Gasteiger partial charge >= 0.3 is 0 Å². The van der Waals surface area contributed by atoms with Crippen LogP contribution < -0.4 is 21.3 Å². The smallest absolute Gasteiger partial charge is 0.258 e. The topological polar surface area (TPSA) is 134 Å². The number of anilines is 1. The molecule has 3 amide bonds. The van der Waals surface area contributed by atoms with Crippen LogP contribution in [0.4, 0.5) is 5.82 Å². The van der Waals surface area contributed by atoms with E-state index in [0.717, 1.165) is 48.8 Å². The van der Waals surface area contributed by atoms with Crippen molar-refractivity contribution in [1.82, 2.24) is 25.5 Å². The van der Waals surface area contributed by atoms with Gasteiger partial charge in [0.15, 0.2) is 0 Å². The number of piperazine rings is 1. The van der Waals surface area contributed by atoms with Crippen LogP contribution >= 0.6 is 11.3 Å². The Hall–Kier alpha value is -3.57. The number of hydrogen-bond acceptors (Lipinski definition) is 8. The molecule has 0 aliphatic carbocycles. The summed E-state index contributed by atoms with van der Waals surface area (Å²) in [6, 6.07) is 8.42. The van der Waals surface area contributed by atoms with Gasteiger partial charge < -0.3 is 21.3 Å². The summed E-state index contributed by atoms with van der Waals surface area (Å²) >= 11 is 1.32. The van der Waals surface area contributed by atoms with Crippen LogP contribution in [0.5, 0.6) is 0 Å². The molecule has 0 atom stereocenters. The molecule has 0 bridgehead atoms. The van der Waals surface area contributed by atoms with Crippen molar-refractivity contribution < 1.29 is 14.4 Å². The maximum Gasteiger partial charge on any atom is 0.258 e. The molecule has 0 unspecified atom stereocenters. The third kappa shape index (κ3) is 5.32. The largest absolute Gasteiger partial charge is 0.365 e. The molecule has 34 heavy (non-hydrogen) atoms. The highest BCUT2D eigenvalue weighted by atomic mass is 32.1. The van der Waals surface area contributed by atoms with E-state index < -0.39 is 5.91 Å². The zero-order valence-electron chi connectivity index (χ0n) is 18.9. The van der Waals surface area contributed by atoms with Crippen LogP contribution in [0.25, 0.3) is 10.2 Å². The Morgan fingerprint density at radius 1 is 1.03 bits per heavy atom. The quantitative estimate of drug-likeness (QED) is 0.439. The molecule has 10 nitrogen and oxygen atoms in total. The molecule has 2 aromatic heterocycles. The molecule has 4 rings (SSSR count). The molecule has 3 heterocycles. The third-order valence-corrected chi connectivity index (χ3v) is 6.78. The molecule has 0 spiro atoms. The van der Waals surface area contributed by atoms with Gasteiger partial charge in [-0.05, 0) is 31.2 Å². The Balaban J connectivity index is 1.28. The standard InChI is InChI=1S/C23H27N7O3S/c1-2-25-22(32)15-4-3-5-16(12-15)23(33)26-6-7-29-8-10-30(11-9-29)21-19-17(27-14-28-21)13-18(34-19)20(24)31/h3-5,12-14H,2,6-11H2,1H3,(H2,24,31)(H,25,32)(H,26,33). The zero-order valence-corrected chi connectivity index (χ0v) is 19.7. The van der Waals surface area contributed by atoms with Crippen molar-refractivity contribution in [3.05, 3.63) is 52.7 Å². The first-order chi connectivity index (χ1) is 16.5. The van der Waals surface area contributed by atoms with Crippen LogP contribution in [0.15, 0.2) is 36.7 Å². The van der Waals surface area contributed by atoms with Crippen LogP contribution in [0.1, 0.15) is 37.3 Å². The van der Waals surface area contributed by atoms with Gasteiger partial charge in [-0.15, -0.1) is 11.3 Å². The van der Waals surface area contributed by atoms with Crippen LogP contribution in [0.3, 0.4) is 0 Å². The number of amides is 3. The molecule has 1 aliphatic heterocycles. The van der Waals surface area contributed by atoms with Gasteiger partial charge in [0.2, 0.25) is 0 Å². The lowest BCUT2D eigenvalue weighted by Gasteiger charge is -2.35. The Morgan fingerprint density at radius 2 is 1.74 bits per heavy atom. The van der Waals surface area contributed by atoms with E-state index in [-0.39, 0.29) is 11.8 Å². The summed E-state index contributed by atoms with van der Waals surface area (Å²) in [6.07, 6.45) is 1.51. The highest BCUT2D eigenvalue weighted by Crippen LogP contribution is 2.31. The van der Waals surface area contributed by atoms with E-state index in [1.807, 2.05) is 6.92 Å². The Morgan fingerprint density at radius 3 is 2.41 bits per heavy atom.